The summed E-state index contributed by atoms with van der Waals surface area (Å²) in [6.07, 6.45) is -1.47. The van der Waals surface area contributed by atoms with Gasteiger partial charge in [0, 0.05) is 0 Å². The third-order valence-corrected chi connectivity index (χ3v) is 8.61. The molecule has 2 rings (SSSR count). The highest BCUT2D eigenvalue weighted by Crippen LogP contribution is 2.54. The Hall–Kier alpha value is -2.19. The summed E-state index contributed by atoms with van der Waals surface area (Å²) in [6, 6.07) is 12.0. The third kappa shape index (κ3) is 7.15. The van der Waals surface area contributed by atoms with Crippen LogP contribution < -0.4 is 20.7 Å². The molecule has 0 aromatic heterocycles. The van der Waals surface area contributed by atoms with Gasteiger partial charge < -0.3 is 27.9 Å². The van der Waals surface area contributed by atoms with E-state index >= 15 is 0 Å². The molecule has 188 valence electrons. The molecule has 2 N–H and O–H groups in total. The lowest BCUT2D eigenvalue weighted by Gasteiger charge is -2.25. The van der Waals surface area contributed by atoms with E-state index in [9.17, 15) is 19.0 Å². The quantitative estimate of drug-likeness (QED) is 0.329. The van der Waals surface area contributed by atoms with Crippen LogP contribution in [0.25, 0.3) is 0 Å². The monoisotopic (exact) mass is 515 g/mol. The van der Waals surface area contributed by atoms with Crippen molar-refractivity contribution in [3.05, 3.63) is 48.0 Å². The molecular weight excluding hydrogens is 484 g/mol. The molecule has 12 heteroatoms. The number of amides is 1. The highest BCUT2D eigenvalue weighted by molar-refractivity contribution is 7.64. The number of hydrogen-bond acceptors (Lipinski definition) is 8. The van der Waals surface area contributed by atoms with E-state index in [1.54, 1.807) is 27.7 Å². The molecule has 0 saturated carbocycles. The van der Waals surface area contributed by atoms with Gasteiger partial charge in [-0.3, -0.25) is 14.4 Å². The van der Waals surface area contributed by atoms with Gasteiger partial charge in [-0.05, 0) is 45.4 Å². The Morgan fingerprint density at radius 3 is 1.65 bits per heavy atom. The maximum atomic E-state index is 13.7. The number of carbonyl (C=O) groups is 1. The van der Waals surface area contributed by atoms with E-state index < -0.39 is 21.3 Å². The van der Waals surface area contributed by atoms with E-state index in [1.165, 1.54) is 12.1 Å². The Balaban J connectivity index is 2.78. The lowest BCUT2D eigenvalue weighted by molar-refractivity contribution is 0.210. The van der Waals surface area contributed by atoms with Gasteiger partial charge in [-0.1, -0.05) is 30.3 Å². The van der Waals surface area contributed by atoms with Crippen molar-refractivity contribution in [3.8, 4) is 5.75 Å². The minimum atomic E-state index is -4.06. The van der Waals surface area contributed by atoms with E-state index in [-0.39, 0.29) is 55.1 Å². The van der Waals surface area contributed by atoms with Gasteiger partial charge in [0.2, 0.25) is 0 Å². The highest BCUT2D eigenvalue weighted by atomic mass is 31.2. The molecule has 0 fully saturated rings. The van der Waals surface area contributed by atoms with Gasteiger partial charge >= 0.3 is 21.3 Å². The highest BCUT2D eigenvalue weighted by Gasteiger charge is 2.39. The van der Waals surface area contributed by atoms with E-state index in [1.807, 2.05) is 30.3 Å². The normalized spacial score (nSPS) is 11.9. The van der Waals surface area contributed by atoms with Crippen LogP contribution in [0, 0.1) is 0 Å². The van der Waals surface area contributed by atoms with Gasteiger partial charge in [0.25, 0.3) is 0 Å². The van der Waals surface area contributed by atoms with Gasteiger partial charge in [0.1, 0.15) is 12.4 Å². The molecule has 0 atom stereocenters. The predicted molar refractivity (Wildman–Crippen MR) is 130 cm³/mol. The average Bonchev–Trinajstić information content (AvgIpc) is 2.79. The molecule has 0 heterocycles. The zero-order valence-electron chi connectivity index (χ0n) is 19.7. The Bertz CT molecular complexity index is 975. The first-order valence-corrected chi connectivity index (χ1v) is 14.0. The fourth-order valence-corrected chi connectivity index (χ4v) is 6.73. The molecule has 0 aliphatic heterocycles. The number of rotatable bonds is 14. The van der Waals surface area contributed by atoms with Crippen molar-refractivity contribution in [1.29, 1.82) is 0 Å². The summed E-state index contributed by atoms with van der Waals surface area (Å²) in [7, 11) is -8.12. The van der Waals surface area contributed by atoms with Gasteiger partial charge in [-0.15, -0.1) is 0 Å². The summed E-state index contributed by atoms with van der Waals surface area (Å²) in [6.45, 7) is 6.70. The topological polar surface area (TPSA) is 130 Å². The fourth-order valence-electron chi connectivity index (χ4n) is 3.11. The second kappa shape index (κ2) is 13.0. The van der Waals surface area contributed by atoms with Crippen molar-refractivity contribution in [1.82, 2.24) is 0 Å². The molecule has 0 saturated heterocycles. The van der Waals surface area contributed by atoms with Crippen molar-refractivity contribution < 1.29 is 41.9 Å². The summed E-state index contributed by atoms with van der Waals surface area (Å²) < 4.78 is 55.2. The number of ether oxygens (including phenoxy) is 1. The summed E-state index contributed by atoms with van der Waals surface area (Å²) in [5.41, 5.74) is 0.601. The molecule has 10 nitrogen and oxygen atoms in total. The molecule has 0 aliphatic carbocycles. The van der Waals surface area contributed by atoms with Crippen molar-refractivity contribution >= 4 is 37.6 Å². The fraction of sp³-hybridized carbons (Fsp3) is 0.409. The number of nitrogens with one attached hydrogen (secondary N) is 1. The lowest BCUT2D eigenvalue weighted by atomic mass is 10.2. The van der Waals surface area contributed by atoms with Gasteiger partial charge in [-0.2, -0.15) is 0 Å². The first kappa shape index (κ1) is 28.1. The number of carboxylic acid groups (broad SMARTS) is 1. The molecule has 1 amide bonds. The maximum absolute atomic E-state index is 13.7. The predicted octanol–water partition coefficient (Wildman–Crippen LogP) is 5.14. The molecule has 0 unspecified atom stereocenters. The summed E-state index contributed by atoms with van der Waals surface area (Å²) >= 11 is 0. The number of anilines is 1. The standard InChI is InChI=1S/C22H31NO9P2/c1-5-29-33(26,30-6-2)19-14-18(28-16-17-12-10-9-11-13-17)15-20(21(19)23-22(24)25)34(27,31-7-3)32-8-4/h9-15,23H,5-8,16H2,1-4H3,(H,24,25). The van der Waals surface area contributed by atoms with Crippen LogP contribution in [0.2, 0.25) is 0 Å². The first-order valence-electron chi connectivity index (χ1n) is 10.9. The van der Waals surface area contributed by atoms with Crippen LogP contribution in [-0.2, 0) is 33.8 Å². The van der Waals surface area contributed by atoms with E-state index in [0.717, 1.165) is 5.56 Å². The largest absolute Gasteiger partial charge is 0.489 e. The Morgan fingerprint density at radius 1 is 0.824 bits per heavy atom. The van der Waals surface area contributed by atoms with Crippen LogP contribution >= 0.6 is 15.2 Å². The Kier molecular flexibility index (Phi) is 10.8. The molecular formula is C22H31NO9P2. The molecule has 2 aromatic rings. The van der Waals surface area contributed by atoms with Gasteiger partial charge in [0.15, 0.2) is 0 Å². The Morgan fingerprint density at radius 2 is 1.26 bits per heavy atom. The maximum Gasteiger partial charge on any atom is 0.409 e. The number of benzene rings is 2. The van der Waals surface area contributed by atoms with E-state index in [4.69, 9.17) is 22.8 Å². The van der Waals surface area contributed by atoms with Crippen LogP contribution in [0.1, 0.15) is 33.3 Å². The molecule has 34 heavy (non-hydrogen) atoms. The Labute approximate surface area is 199 Å². The van der Waals surface area contributed by atoms with Crippen molar-refractivity contribution in [2.75, 3.05) is 31.7 Å². The lowest BCUT2D eigenvalue weighted by Crippen LogP contribution is -2.28. The summed E-state index contributed by atoms with van der Waals surface area (Å²) in [5, 5.41) is 11.4. The third-order valence-electron chi connectivity index (χ3n) is 4.34. The zero-order chi connectivity index (χ0) is 25.2. The van der Waals surface area contributed by atoms with E-state index in [0.29, 0.717) is 0 Å². The molecule has 2 aromatic carbocycles. The molecule has 0 spiro atoms. The molecule has 0 aliphatic rings. The van der Waals surface area contributed by atoms with Gasteiger partial charge in [-0.25, -0.2) is 4.79 Å². The second-order valence-corrected chi connectivity index (χ2v) is 10.7. The smallest absolute Gasteiger partial charge is 0.409 e. The second-order valence-electron chi connectivity index (χ2n) is 6.71. The molecule has 0 radical (unpaired) electrons. The van der Waals surface area contributed by atoms with Crippen LogP contribution in [0.4, 0.5) is 10.5 Å². The van der Waals surface area contributed by atoms with Crippen LogP contribution in [0.15, 0.2) is 42.5 Å². The van der Waals surface area contributed by atoms with Crippen molar-refractivity contribution in [2.24, 2.45) is 0 Å². The van der Waals surface area contributed by atoms with Crippen molar-refractivity contribution in [2.45, 2.75) is 34.3 Å². The summed E-state index contributed by atoms with van der Waals surface area (Å²) in [5.74, 6) is 0.157. The van der Waals surface area contributed by atoms with Gasteiger partial charge in [0.05, 0.1) is 42.7 Å². The van der Waals surface area contributed by atoms with E-state index in [2.05, 4.69) is 5.32 Å². The van der Waals surface area contributed by atoms with Crippen LogP contribution in [-0.4, -0.2) is 37.6 Å². The minimum Gasteiger partial charge on any atom is -0.489 e. The van der Waals surface area contributed by atoms with Crippen molar-refractivity contribution in [3.63, 3.8) is 0 Å². The first-order chi connectivity index (χ1) is 16.2. The SMILES string of the molecule is CCOP(=O)(OCC)c1cc(OCc2ccccc2)cc(P(=O)(OCC)OCC)c1NC(=O)O. The zero-order valence-corrected chi connectivity index (χ0v) is 21.5. The summed E-state index contributed by atoms with van der Waals surface area (Å²) in [4.78, 5) is 11.7. The average molecular weight is 515 g/mol. The minimum absolute atomic E-state index is 0.0167. The molecule has 0 bridgehead atoms. The number of hydrogen-bond donors (Lipinski definition) is 2. The van der Waals surface area contributed by atoms with Crippen LogP contribution in [0.5, 0.6) is 5.75 Å². The van der Waals surface area contributed by atoms with Crippen LogP contribution in [0.3, 0.4) is 0 Å².